The second kappa shape index (κ2) is 20.7. The predicted molar refractivity (Wildman–Crippen MR) is 254 cm³/mol. The molecular formula is C57H60O8. The lowest BCUT2D eigenvalue weighted by Crippen LogP contribution is -2.54. The molecule has 4 heterocycles. The fourth-order valence-corrected chi connectivity index (χ4v) is 9.53. The predicted octanol–water partition coefficient (Wildman–Crippen LogP) is 11.4. The normalized spacial score (nSPS) is 20.1. The highest BCUT2D eigenvalue weighted by Crippen LogP contribution is 2.49. The number of fused-ring (bicyclic) bond motifs is 13. The average Bonchev–Trinajstić information content (AvgIpc) is 3.29. The maximum Gasteiger partial charge on any atom is 0.339 e. The molecule has 8 heteroatoms. The van der Waals surface area contributed by atoms with Crippen LogP contribution in [0.4, 0.5) is 0 Å². The highest BCUT2D eigenvalue weighted by atomic mass is 16.6. The van der Waals surface area contributed by atoms with Crippen molar-refractivity contribution in [3.63, 3.8) is 0 Å². The van der Waals surface area contributed by atoms with Crippen LogP contribution in [0.15, 0.2) is 148 Å². The number of aryl methyl sites for hydroxylation is 3. The first-order valence-electron chi connectivity index (χ1n) is 23.1. The highest BCUT2D eigenvalue weighted by Gasteiger charge is 2.52. The molecule has 4 atom stereocenters. The molecule has 0 radical (unpaired) electrons. The van der Waals surface area contributed by atoms with Crippen LogP contribution in [0.5, 0.6) is 5.75 Å². The van der Waals surface area contributed by atoms with Crippen molar-refractivity contribution < 1.29 is 33.0 Å². The van der Waals surface area contributed by atoms with Gasteiger partial charge in [0.15, 0.2) is 12.2 Å². The Balaban J connectivity index is 1.18. The van der Waals surface area contributed by atoms with E-state index in [0.29, 0.717) is 73.0 Å². The van der Waals surface area contributed by atoms with Crippen molar-refractivity contribution in [2.45, 2.75) is 109 Å². The molecule has 0 saturated heterocycles. The molecule has 0 saturated carbocycles. The van der Waals surface area contributed by atoms with Gasteiger partial charge in [-0.25, -0.2) is 9.59 Å². The SMILES string of the molecule is COCCc1cc2ccc3c(c2oc1=O)[C@H]1OC(=O)C[C@H](CCc2cccc(Cc4ccccc4)c2)Cc2ccc(cc2)CCC(=C(C)C)C(=O)O[C@@H]1[C@](C)(CCCc1ccccc1)O3. The highest BCUT2D eigenvalue weighted by molar-refractivity contribution is 5.90. The van der Waals surface area contributed by atoms with Gasteiger partial charge in [-0.3, -0.25) is 4.79 Å². The van der Waals surface area contributed by atoms with Crippen molar-refractivity contribution in [2.24, 2.45) is 5.92 Å². The molecule has 0 aliphatic carbocycles. The Morgan fingerprint density at radius 1 is 0.708 bits per heavy atom. The first-order valence-corrected chi connectivity index (χ1v) is 23.1. The molecule has 0 unspecified atom stereocenters. The lowest BCUT2D eigenvalue weighted by Gasteiger charge is -2.45. The maximum absolute atomic E-state index is 14.8. The number of benzene rings is 5. The lowest BCUT2D eigenvalue weighted by molar-refractivity contribution is -0.192. The molecule has 0 amide bonds. The molecule has 0 fully saturated rings. The Labute approximate surface area is 382 Å². The minimum absolute atomic E-state index is 0.0670. The fraction of sp³-hybridized carbons (Fsp3) is 0.351. The van der Waals surface area contributed by atoms with Crippen molar-refractivity contribution in [3.8, 4) is 5.75 Å². The van der Waals surface area contributed by atoms with Crippen molar-refractivity contribution >= 4 is 22.9 Å². The molecule has 1 aromatic heterocycles. The van der Waals surface area contributed by atoms with Gasteiger partial charge in [-0.15, -0.1) is 0 Å². The molecule has 0 spiro atoms. The molecule has 6 aromatic rings. The summed E-state index contributed by atoms with van der Waals surface area (Å²) in [6.45, 7) is 6.12. The number of carbonyl (C=O) groups excluding carboxylic acids is 2. The van der Waals surface area contributed by atoms with Gasteiger partial charge in [-0.1, -0.05) is 115 Å². The Morgan fingerprint density at radius 2 is 1.42 bits per heavy atom. The summed E-state index contributed by atoms with van der Waals surface area (Å²) in [5, 5.41) is 0.638. The summed E-state index contributed by atoms with van der Waals surface area (Å²) in [4.78, 5) is 43.0. The fourth-order valence-electron chi connectivity index (χ4n) is 9.53. The van der Waals surface area contributed by atoms with Gasteiger partial charge < -0.3 is 23.4 Å². The summed E-state index contributed by atoms with van der Waals surface area (Å²) in [6, 6.07) is 43.4. The Kier molecular flexibility index (Phi) is 14.4. The second-order valence-corrected chi connectivity index (χ2v) is 18.3. The maximum atomic E-state index is 14.8. The Bertz CT molecular complexity index is 2680. The molecule has 0 N–H and O–H groups in total. The average molecular weight is 873 g/mol. The Hall–Kier alpha value is -6.25. The third kappa shape index (κ3) is 11.2. The summed E-state index contributed by atoms with van der Waals surface area (Å²) in [5.74, 6) is -0.568. The van der Waals surface area contributed by atoms with Crippen LogP contribution in [-0.2, 0) is 62.3 Å². The van der Waals surface area contributed by atoms with E-state index in [2.05, 4.69) is 84.9 Å². The standard InChI is InChI=1S/C57H60O8/c1-38(2)48-28-26-40-20-22-43(23-21-40)35-45(25-24-42-17-11-18-44(34-42)33-41-15-9-6-10-16-41)36-50(58)62-53-51-49(29-27-46-37-47(30-32-61-4)55(59)63-52(46)51)65-57(3,54(53)64-56(48)60)31-12-19-39-13-7-5-8-14-39/h5-11,13-18,20-23,27,29,34,37,45,53-54H,12,19,24-26,28,30-33,35-36H2,1-4H3/t45-,53-,54+,57+/m1/s1. The minimum atomic E-state index is -1.14. The van der Waals surface area contributed by atoms with Crippen molar-refractivity contribution in [2.75, 3.05) is 13.7 Å². The van der Waals surface area contributed by atoms with Gasteiger partial charge in [-0.05, 0) is 136 Å². The quantitative estimate of drug-likeness (QED) is 0.0681. The number of ether oxygens (including phenoxy) is 4. The second-order valence-electron chi connectivity index (χ2n) is 18.3. The van der Waals surface area contributed by atoms with Gasteiger partial charge in [-0.2, -0.15) is 0 Å². The van der Waals surface area contributed by atoms with Crippen LogP contribution in [-0.4, -0.2) is 37.4 Å². The number of esters is 2. The van der Waals surface area contributed by atoms with E-state index >= 15 is 0 Å². The van der Waals surface area contributed by atoms with Gasteiger partial charge in [0, 0.05) is 36.5 Å². The number of hydrogen-bond acceptors (Lipinski definition) is 8. The van der Waals surface area contributed by atoms with Crippen molar-refractivity contribution in [3.05, 3.63) is 193 Å². The van der Waals surface area contributed by atoms with E-state index < -0.39 is 35.4 Å². The summed E-state index contributed by atoms with van der Waals surface area (Å²) < 4.78 is 31.8. The first kappa shape index (κ1) is 45.3. The minimum Gasteiger partial charge on any atom is -0.483 e. The van der Waals surface area contributed by atoms with Crippen LogP contribution < -0.4 is 10.4 Å². The number of hydrogen-bond donors (Lipinski definition) is 0. The molecule has 9 rings (SSSR count). The number of rotatable bonds is 12. The molecule has 8 nitrogen and oxygen atoms in total. The van der Waals surface area contributed by atoms with Crippen LogP contribution in [0, 0.1) is 5.92 Å². The van der Waals surface area contributed by atoms with E-state index in [-0.39, 0.29) is 17.9 Å². The lowest BCUT2D eigenvalue weighted by atomic mass is 9.82. The zero-order valence-corrected chi connectivity index (χ0v) is 38.1. The van der Waals surface area contributed by atoms with E-state index in [1.807, 2.05) is 57.2 Å². The molecule has 5 aromatic carbocycles. The molecule has 2 bridgehead atoms. The molecule has 3 aliphatic rings. The van der Waals surface area contributed by atoms with E-state index in [1.54, 1.807) is 13.2 Å². The van der Waals surface area contributed by atoms with E-state index in [1.165, 1.54) is 22.3 Å². The van der Waals surface area contributed by atoms with Gasteiger partial charge in [0.1, 0.15) is 16.9 Å². The molecule has 65 heavy (non-hydrogen) atoms. The number of methoxy groups -OCH3 is 1. The van der Waals surface area contributed by atoms with Gasteiger partial charge in [0.25, 0.3) is 0 Å². The summed E-state index contributed by atoms with van der Waals surface area (Å²) >= 11 is 0. The number of carbonyl (C=O) groups is 2. The summed E-state index contributed by atoms with van der Waals surface area (Å²) in [7, 11) is 1.59. The van der Waals surface area contributed by atoms with Crippen LogP contribution >= 0.6 is 0 Å². The summed E-state index contributed by atoms with van der Waals surface area (Å²) in [5.41, 5.74) is 7.99. The number of allylic oxidation sites excluding steroid dienone is 1. The van der Waals surface area contributed by atoms with Crippen LogP contribution in [0.25, 0.3) is 11.0 Å². The molecule has 3 aliphatic heterocycles. The van der Waals surface area contributed by atoms with E-state index in [4.69, 9.17) is 23.4 Å². The van der Waals surface area contributed by atoms with Gasteiger partial charge in [0.05, 0.1) is 12.2 Å². The van der Waals surface area contributed by atoms with Crippen LogP contribution in [0.1, 0.15) is 103 Å². The first-order chi connectivity index (χ1) is 31.5. The molecule has 336 valence electrons. The van der Waals surface area contributed by atoms with Crippen LogP contribution in [0.2, 0.25) is 0 Å². The zero-order chi connectivity index (χ0) is 45.3. The van der Waals surface area contributed by atoms with Gasteiger partial charge >= 0.3 is 17.6 Å². The Morgan fingerprint density at radius 3 is 2.15 bits per heavy atom. The van der Waals surface area contributed by atoms with Crippen molar-refractivity contribution in [1.82, 2.24) is 0 Å². The zero-order valence-electron chi connectivity index (χ0n) is 38.1. The van der Waals surface area contributed by atoms with E-state index in [9.17, 15) is 14.4 Å². The van der Waals surface area contributed by atoms with Crippen LogP contribution in [0.3, 0.4) is 0 Å². The van der Waals surface area contributed by atoms with Gasteiger partial charge in [0.2, 0.25) is 0 Å². The monoisotopic (exact) mass is 872 g/mol. The topological polar surface area (TPSA) is 101 Å². The third-order valence-electron chi connectivity index (χ3n) is 13.1. The van der Waals surface area contributed by atoms with E-state index in [0.717, 1.165) is 42.4 Å². The largest absolute Gasteiger partial charge is 0.483 e. The summed E-state index contributed by atoms with van der Waals surface area (Å²) in [6.07, 6.45) is 4.38. The molecular weight excluding hydrogens is 813 g/mol. The third-order valence-corrected chi connectivity index (χ3v) is 13.1. The van der Waals surface area contributed by atoms with Crippen molar-refractivity contribution in [1.29, 1.82) is 0 Å². The smallest absolute Gasteiger partial charge is 0.339 e.